The molecule has 1 fully saturated rings. The molecule has 0 radical (unpaired) electrons. The minimum Gasteiger partial charge on any atom is -0.354 e. The van der Waals surface area contributed by atoms with Crippen molar-refractivity contribution in [1.29, 1.82) is 0 Å². The van der Waals surface area contributed by atoms with Crippen LogP contribution in [-0.4, -0.2) is 49.9 Å². The lowest BCUT2D eigenvalue weighted by molar-refractivity contribution is -0.130. The Morgan fingerprint density at radius 1 is 1.00 bits per heavy atom. The summed E-state index contributed by atoms with van der Waals surface area (Å²) in [5, 5.41) is 7.79. The molecule has 3 rings (SSSR count). The van der Waals surface area contributed by atoms with Crippen molar-refractivity contribution in [2.75, 3.05) is 27.2 Å². The monoisotopic (exact) mass is 529 g/mol. The quantitative estimate of drug-likeness (QED) is 0.419. The van der Waals surface area contributed by atoms with E-state index in [9.17, 15) is 9.59 Å². The van der Waals surface area contributed by atoms with E-state index in [4.69, 9.17) is 46.4 Å². The first-order chi connectivity index (χ1) is 15.6. The largest absolute Gasteiger partial charge is 0.354 e. The van der Waals surface area contributed by atoms with Crippen LogP contribution in [0.1, 0.15) is 30.4 Å². The van der Waals surface area contributed by atoms with E-state index in [0.717, 1.165) is 24.1 Å². The van der Waals surface area contributed by atoms with Gasteiger partial charge in [0.1, 0.15) is 6.04 Å². The summed E-state index contributed by atoms with van der Waals surface area (Å²) < 4.78 is 0. The van der Waals surface area contributed by atoms with Crippen molar-refractivity contribution in [3.63, 3.8) is 0 Å². The van der Waals surface area contributed by atoms with Crippen LogP contribution in [-0.2, 0) is 21.4 Å². The highest BCUT2D eigenvalue weighted by atomic mass is 35.5. The van der Waals surface area contributed by atoms with Crippen molar-refractivity contribution < 1.29 is 9.59 Å². The smallest absolute Gasteiger partial charge is 0.242 e. The SMILES string of the molecule is CN(C)CCCNC(=O)C(Cc1ccc(Cl)cc1Cl)NC(=O)C1(c2ccc(Cl)cc2Cl)CC1. The van der Waals surface area contributed by atoms with Crippen LogP contribution in [0, 0.1) is 0 Å². The third-order valence-corrected chi connectivity index (χ3v) is 6.91. The molecule has 1 aliphatic carbocycles. The molecular formula is C24H27Cl4N3O2. The van der Waals surface area contributed by atoms with Gasteiger partial charge in [0.05, 0.1) is 5.41 Å². The molecule has 1 aliphatic rings. The van der Waals surface area contributed by atoms with Crippen LogP contribution in [0.25, 0.3) is 0 Å². The highest BCUT2D eigenvalue weighted by Gasteiger charge is 2.53. The number of carbonyl (C=O) groups excluding carboxylic acids is 2. The number of halogens is 4. The normalized spacial score (nSPS) is 15.2. The van der Waals surface area contributed by atoms with Crippen molar-refractivity contribution in [3.8, 4) is 0 Å². The van der Waals surface area contributed by atoms with E-state index >= 15 is 0 Å². The summed E-state index contributed by atoms with van der Waals surface area (Å²) in [6, 6.07) is 9.45. The molecule has 1 atom stereocenters. The molecule has 2 aromatic carbocycles. The van der Waals surface area contributed by atoms with Gasteiger partial charge in [0, 0.05) is 33.1 Å². The Labute approximate surface area is 214 Å². The van der Waals surface area contributed by atoms with Gasteiger partial charge < -0.3 is 15.5 Å². The van der Waals surface area contributed by atoms with Gasteiger partial charge in [-0.15, -0.1) is 0 Å². The van der Waals surface area contributed by atoms with E-state index in [1.54, 1.807) is 36.4 Å². The van der Waals surface area contributed by atoms with Gasteiger partial charge in [-0.25, -0.2) is 0 Å². The van der Waals surface area contributed by atoms with Crippen molar-refractivity contribution >= 4 is 58.2 Å². The summed E-state index contributed by atoms with van der Waals surface area (Å²) in [5.41, 5.74) is 0.694. The Hall–Kier alpha value is -1.50. The van der Waals surface area contributed by atoms with Crippen molar-refractivity contribution in [2.45, 2.75) is 37.1 Å². The van der Waals surface area contributed by atoms with E-state index in [1.165, 1.54) is 0 Å². The maximum atomic E-state index is 13.4. The predicted molar refractivity (Wildman–Crippen MR) is 136 cm³/mol. The summed E-state index contributed by atoms with van der Waals surface area (Å²) >= 11 is 24.8. The lowest BCUT2D eigenvalue weighted by Crippen LogP contribution is -2.51. The van der Waals surface area contributed by atoms with Gasteiger partial charge >= 0.3 is 0 Å². The molecule has 2 N–H and O–H groups in total. The zero-order chi connectivity index (χ0) is 24.2. The molecule has 1 saturated carbocycles. The Balaban J connectivity index is 1.78. The van der Waals surface area contributed by atoms with Crippen LogP contribution in [0.2, 0.25) is 20.1 Å². The molecule has 0 heterocycles. The Morgan fingerprint density at radius 3 is 2.21 bits per heavy atom. The van der Waals surface area contributed by atoms with Crippen molar-refractivity contribution in [2.24, 2.45) is 0 Å². The zero-order valence-corrected chi connectivity index (χ0v) is 21.6. The molecule has 9 heteroatoms. The molecule has 0 saturated heterocycles. The maximum absolute atomic E-state index is 13.4. The lowest BCUT2D eigenvalue weighted by Gasteiger charge is -2.24. The molecule has 2 amide bonds. The Morgan fingerprint density at radius 2 is 1.64 bits per heavy atom. The molecule has 5 nitrogen and oxygen atoms in total. The predicted octanol–water partition coefficient (Wildman–Crippen LogP) is 5.13. The molecule has 0 aliphatic heterocycles. The molecule has 0 bridgehead atoms. The number of benzene rings is 2. The number of nitrogens with one attached hydrogen (secondary N) is 2. The third-order valence-electron chi connectivity index (χ3n) is 5.77. The van der Waals surface area contributed by atoms with Crippen LogP contribution in [0.4, 0.5) is 0 Å². The van der Waals surface area contributed by atoms with Crippen LogP contribution >= 0.6 is 46.4 Å². The topological polar surface area (TPSA) is 61.4 Å². The fourth-order valence-corrected chi connectivity index (χ4v) is 4.84. The molecular weight excluding hydrogens is 504 g/mol. The second-order valence-electron chi connectivity index (χ2n) is 8.62. The number of amides is 2. The standard InChI is InChI=1S/C24H27Cl4N3O2/c1-31(2)11-3-10-29-22(32)21(12-15-4-5-16(25)13-19(15)27)30-23(33)24(8-9-24)18-7-6-17(26)14-20(18)28/h4-7,13-14,21H,3,8-12H2,1-2H3,(H,29,32)(H,30,33). The first-order valence-corrected chi connectivity index (χ1v) is 12.3. The van der Waals surface area contributed by atoms with Gasteiger partial charge in [-0.3, -0.25) is 9.59 Å². The van der Waals surface area contributed by atoms with Crippen LogP contribution in [0.15, 0.2) is 36.4 Å². The first-order valence-electron chi connectivity index (χ1n) is 10.8. The van der Waals surface area contributed by atoms with Gasteiger partial charge in [0.25, 0.3) is 0 Å². The van der Waals surface area contributed by atoms with Gasteiger partial charge in [0.15, 0.2) is 0 Å². The van der Waals surface area contributed by atoms with Crippen LogP contribution < -0.4 is 10.6 Å². The molecule has 33 heavy (non-hydrogen) atoms. The minimum absolute atomic E-state index is 0.231. The number of carbonyl (C=O) groups is 2. The van der Waals surface area contributed by atoms with Crippen LogP contribution in [0.5, 0.6) is 0 Å². The number of rotatable bonds is 10. The highest BCUT2D eigenvalue weighted by Crippen LogP contribution is 2.51. The summed E-state index contributed by atoms with van der Waals surface area (Å²) in [7, 11) is 3.95. The first kappa shape index (κ1) is 26.1. The molecule has 0 spiro atoms. The van der Waals surface area contributed by atoms with E-state index in [1.807, 2.05) is 19.0 Å². The van der Waals surface area contributed by atoms with Crippen molar-refractivity contribution in [1.82, 2.24) is 15.5 Å². The highest BCUT2D eigenvalue weighted by molar-refractivity contribution is 6.35. The summed E-state index contributed by atoms with van der Waals surface area (Å²) in [5.74, 6) is -0.489. The number of hydrogen-bond acceptors (Lipinski definition) is 3. The maximum Gasteiger partial charge on any atom is 0.242 e. The fourth-order valence-electron chi connectivity index (χ4n) is 3.76. The average molecular weight is 531 g/mol. The lowest BCUT2D eigenvalue weighted by atomic mass is 9.94. The van der Waals surface area contributed by atoms with Gasteiger partial charge in [-0.05, 0) is 75.3 Å². The second-order valence-corrected chi connectivity index (χ2v) is 10.3. The molecule has 1 unspecified atom stereocenters. The van der Waals surface area contributed by atoms with Gasteiger partial charge in [-0.2, -0.15) is 0 Å². The summed E-state index contributed by atoms with van der Waals surface area (Å²) in [6.45, 7) is 1.35. The molecule has 0 aromatic heterocycles. The Kier molecular flexibility index (Phi) is 8.93. The van der Waals surface area contributed by atoms with Gasteiger partial charge in [-0.1, -0.05) is 58.5 Å². The van der Waals surface area contributed by atoms with Crippen molar-refractivity contribution in [3.05, 3.63) is 67.6 Å². The molecule has 178 valence electrons. The number of hydrogen-bond donors (Lipinski definition) is 2. The van der Waals surface area contributed by atoms with E-state index in [0.29, 0.717) is 39.5 Å². The van der Waals surface area contributed by atoms with Crippen LogP contribution in [0.3, 0.4) is 0 Å². The zero-order valence-electron chi connectivity index (χ0n) is 18.6. The van der Waals surface area contributed by atoms with Gasteiger partial charge in [0.2, 0.25) is 11.8 Å². The van der Waals surface area contributed by atoms with E-state index in [-0.39, 0.29) is 18.2 Å². The molecule has 2 aromatic rings. The van der Waals surface area contributed by atoms with E-state index in [2.05, 4.69) is 10.6 Å². The second kappa shape index (κ2) is 11.3. The fraction of sp³-hybridized carbons (Fsp3) is 0.417. The third kappa shape index (κ3) is 6.77. The number of nitrogens with zero attached hydrogens (tertiary/aromatic N) is 1. The summed E-state index contributed by atoms with van der Waals surface area (Å²) in [4.78, 5) is 28.5. The Bertz CT molecular complexity index is 1020. The summed E-state index contributed by atoms with van der Waals surface area (Å²) in [6.07, 6.45) is 2.34. The average Bonchev–Trinajstić information content (AvgIpc) is 3.54. The minimum atomic E-state index is -0.793. The van der Waals surface area contributed by atoms with E-state index < -0.39 is 11.5 Å².